The fraction of sp³-hybridized carbons (Fsp3) is 0.345. The number of benzene rings is 3. The molecule has 1 aliphatic heterocycles. The first-order chi connectivity index (χ1) is 16.9. The molecule has 0 unspecified atom stereocenters. The normalized spacial score (nSPS) is 15.4. The Kier molecular flexibility index (Phi) is 6.39. The summed E-state index contributed by atoms with van der Waals surface area (Å²) in [5.41, 5.74) is 3.22. The lowest BCUT2D eigenvalue weighted by Crippen LogP contribution is -2.37. The molecule has 0 saturated carbocycles. The van der Waals surface area contributed by atoms with Crippen molar-refractivity contribution in [2.45, 2.75) is 45.6 Å². The average Bonchev–Trinajstić information content (AvgIpc) is 3.33. The number of fused-ring (bicyclic) bond motifs is 1. The Morgan fingerprint density at radius 1 is 1.00 bits per heavy atom. The van der Waals surface area contributed by atoms with Crippen molar-refractivity contribution in [3.8, 4) is 11.4 Å². The van der Waals surface area contributed by atoms with Gasteiger partial charge in [0.05, 0.1) is 6.54 Å². The van der Waals surface area contributed by atoms with Crippen molar-refractivity contribution in [1.82, 2.24) is 15.0 Å². The molecule has 0 bridgehead atoms. The van der Waals surface area contributed by atoms with Crippen molar-refractivity contribution in [3.05, 3.63) is 78.2 Å². The van der Waals surface area contributed by atoms with Crippen molar-refractivity contribution in [2.75, 3.05) is 18.4 Å². The van der Waals surface area contributed by atoms with E-state index in [1.165, 1.54) is 5.56 Å². The maximum absolute atomic E-state index is 13.0. The number of hydrogen-bond donors (Lipinski definition) is 1. The van der Waals surface area contributed by atoms with E-state index in [4.69, 9.17) is 4.52 Å². The van der Waals surface area contributed by atoms with Gasteiger partial charge in [0.2, 0.25) is 17.6 Å². The molecule has 6 heteroatoms. The van der Waals surface area contributed by atoms with Gasteiger partial charge in [0.25, 0.3) is 0 Å². The molecule has 4 aromatic rings. The number of carbonyl (C=O) groups is 1. The summed E-state index contributed by atoms with van der Waals surface area (Å²) < 4.78 is 5.53. The molecular formula is C29H32N4O2. The molecule has 35 heavy (non-hydrogen) atoms. The number of likely N-dealkylation sites (tertiary alicyclic amines) is 1. The number of rotatable bonds is 5. The molecule has 2 heterocycles. The zero-order valence-corrected chi connectivity index (χ0v) is 20.6. The molecule has 1 fully saturated rings. The van der Waals surface area contributed by atoms with Crippen LogP contribution in [0.4, 0.5) is 5.69 Å². The van der Waals surface area contributed by atoms with Gasteiger partial charge in [-0.3, -0.25) is 9.69 Å². The van der Waals surface area contributed by atoms with E-state index < -0.39 is 0 Å². The highest BCUT2D eigenvalue weighted by Crippen LogP contribution is 2.27. The van der Waals surface area contributed by atoms with Crippen molar-refractivity contribution < 1.29 is 9.32 Å². The summed E-state index contributed by atoms with van der Waals surface area (Å²) in [5, 5.41) is 9.54. The number of nitrogens with zero attached hydrogens (tertiary/aromatic N) is 3. The molecule has 1 aromatic heterocycles. The zero-order valence-electron chi connectivity index (χ0n) is 20.6. The zero-order chi connectivity index (χ0) is 24.4. The second-order valence-corrected chi connectivity index (χ2v) is 10.4. The Labute approximate surface area is 206 Å². The van der Waals surface area contributed by atoms with Crippen LogP contribution in [0.25, 0.3) is 22.2 Å². The second kappa shape index (κ2) is 9.62. The Balaban J connectivity index is 1.16. The summed E-state index contributed by atoms with van der Waals surface area (Å²) in [5.74, 6) is 1.33. The highest BCUT2D eigenvalue weighted by atomic mass is 16.5. The van der Waals surface area contributed by atoms with Crippen molar-refractivity contribution in [2.24, 2.45) is 5.92 Å². The van der Waals surface area contributed by atoms with E-state index in [0.717, 1.165) is 48.0 Å². The largest absolute Gasteiger partial charge is 0.338 e. The van der Waals surface area contributed by atoms with Crippen LogP contribution >= 0.6 is 0 Å². The van der Waals surface area contributed by atoms with Gasteiger partial charge in [-0.15, -0.1) is 0 Å². The van der Waals surface area contributed by atoms with Gasteiger partial charge in [-0.2, -0.15) is 4.98 Å². The van der Waals surface area contributed by atoms with E-state index in [-0.39, 0.29) is 17.2 Å². The molecule has 0 spiro atoms. The summed E-state index contributed by atoms with van der Waals surface area (Å²) in [6.07, 6.45) is 1.62. The minimum Gasteiger partial charge on any atom is -0.338 e. The Hall–Kier alpha value is -3.51. The lowest BCUT2D eigenvalue weighted by molar-refractivity contribution is -0.121. The maximum Gasteiger partial charge on any atom is 0.241 e. The number of aromatic nitrogens is 2. The Morgan fingerprint density at radius 2 is 1.71 bits per heavy atom. The first kappa shape index (κ1) is 23.2. The average molecular weight is 469 g/mol. The smallest absolute Gasteiger partial charge is 0.241 e. The molecule has 6 nitrogen and oxygen atoms in total. The lowest BCUT2D eigenvalue weighted by Gasteiger charge is -2.30. The monoisotopic (exact) mass is 468 g/mol. The van der Waals surface area contributed by atoms with Crippen LogP contribution in [0.2, 0.25) is 0 Å². The second-order valence-electron chi connectivity index (χ2n) is 10.4. The predicted octanol–water partition coefficient (Wildman–Crippen LogP) is 6.04. The Bertz CT molecular complexity index is 1310. The van der Waals surface area contributed by atoms with Crippen LogP contribution in [0.5, 0.6) is 0 Å². The standard InChI is InChI=1S/C29H32N4O2/c1-29(2,3)23-13-11-21(12-14-23)27-31-26(35-32-27)19-33-17-15-22(16-18-33)28(34)30-25-10-6-8-20-7-4-5-9-24(20)25/h4-14,22H,15-19H2,1-3H3,(H,30,34). The van der Waals surface area contributed by atoms with Crippen LogP contribution in [0, 0.1) is 5.92 Å². The topological polar surface area (TPSA) is 71.3 Å². The third-order valence-electron chi connectivity index (χ3n) is 6.84. The fourth-order valence-corrected chi connectivity index (χ4v) is 4.67. The molecule has 180 valence electrons. The SMILES string of the molecule is CC(C)(C)c1ccc(-c2noc(CN3CCC(C(=O)Nc4cccc5ccccc45)CC3)n2)cc1. The molecule has 0 aliphatic carbocycles. The van der Waals surface area contributed by atoms with E-state index in [1.807, 2.05) is 30.3 Å². The number of carbonyl (C=O) groups excluding carboxylic acids is 1. The van der Waals surface area contributed by atoms with Crippen LogP contribution in [0.3, 0.4) is 0 Å². The van der Waals surface area contributed by atoms with Crippen LogP contribution in [0.15, 0.2) is 71.3 Å². The van der Waals surface area contributed by atoms with E-state index >= 15 is 0 Å². The van der Waals surface area contributed by atoms with Crippen molar-refractivity contribution in [1.29, 1.82) is 0 Å². The van der Waals surface area contributed by atoms with Crippen molar-refractivity contribution in [3.63, 3.8) is 0 Å². The van der Waals surface area contributed by atoms with Gasteiger partial charge in [0, 0.05) is 22.6 Å². The number of anilines is 1. The summed E-state index contributed by atoms with van der Waals surface area (Å²) >= 11 is 0. The third kappa shape index (κ3) is 5.28. The number of nitrogens with one attached hydrogen (secondary N) is 1. The maximum atomic E-state index is 13.0. The van der Waals surface area contributed by atoms with Crippen LogP contribution in [0.1, 0.15) is 45.1 Å². The van der Waals surface area contributed by atoms with E-state index in [0.29, 0.717) is 18.3 Å². The van der Waals surface area contributed by atoms with E-state index in [1.54, 1.807) is 0 Å². The number of piperidine rings is 1. The van der Waals surface area contributed by atoms with E-state index in [2.05, 4.69) is 77.5 Å². The number of amides is 1. The molecule has 0 atom stereocenters. The summed E-state index contributed by atoms with van der Waals surface area (Å²) in [7, 11) is 0. The van der Waals surface area contributed by atoms with Gasteiger partial charge in [0.1, 0.15) is 0 Å². The van der Waals surface area contributed by atoms with Gasteiger partial charge in [-0.1, -0.05) is 86.6 Å². The molecular weight excluding hydrogens is 436 g/mol. The van der Waals surface area contributed by atoms with Gasteiger partial charge in [-0.05, 0) is 48.4 Å². The van der Waals surface area contributed by atoms with Gasteiger partial charge in [0.15, 0.2) is 0 Å². The number of hydrogen-bond acceptors (Lipinski definition) is 5. The highest BCUT2D eigenvalue weighted by Gasteiger charge is 2.26. The summed E-state index contributed by atoms with van der Waals surface area (Å²) in [6, 6.07) is 22.5. The predicted molar refractivity (Wildman–Crippen MR) is 139 cm³/mol. The van der Waals surface area contributed by atoms with Gasteiger partial charge in [-0.25, -0.2) is 0 Å². The highest BCUT2D eigenvalue weighted by molar-refractivity contribution is 6.02. The van der Waals surface area contributed by atoms with Gasteiger partial charge >= 0.3 is 0 Å². The summed E-state index contributed by atoms with van der Waals surface area (Å²) in [4.78, 5) is 19.8. The fourth-order valence-electron chi connectivity index (χ4n) is 4.67. The van der Waals surface area contributed by atoms with Crippen LogP contribution < -0.4 is 5.32 Å². The first-order valence-corrected chi connectivity index (χ1v) is 12.3. The molecule has 1 amide bonds. The molecule has 5 rings (SSSR count). The van der Waals surface area contributed by atoms with E-state index in [9.17, 15) is 4.79 Å². The van der Waals surface area contributed by atoms with Crippen LogP contribution in [-0.4, -0.2) is 34.0 Å². The van der Waals surface area contributed by atoms with Crippen molar-refractivity contribution >= 4 is 22.4 Å². The van der Waals surface area contributed by atoms with Gasteiger partial charge < -0.3 is 9.84 Å². The molecule has 1 saturated heterocycles. The lowest BCUT2D eigenvalue weighted by atomic mass is 9.87. The molecule has 1 N–H and O–H groups in total. The first-order valence-electron chi connectivity index (χ1n) is 12.3. The molecule has 0 radical (unpaired) electrons. The third-order valence-corrected chi connectivity index (χ3v) is 6.84. The quantitative estimate of drug-likeness (QED) is 0.387. The minimum absolute atomic E-state index is 0.00444. The molecule has 1 aliphatic rings. The minimum atomic E-state index is 0.00444. The summed E-state index contributed by atoms with van der Waals surface area (Å²) in [6.45, 7) is 8.85. The van der Waals surface area contributed by atoms with Crippen LogP contribution in [-0.2, 0) is 16.8 Å². The Morgan fingerprint density at radius 3 is 2.46 bits per heavy atom. The molecule has 3 aromatic carbocycles.